The molecule has 10 aromatic carbocycles. The van der Waals surface area contributed by atoms with E-state index in [1.807, 2.05) is 0 Å². The van der Waals surface area contributed by atoms with Gasteiger partial charge in [-0.2, -0.15) is 0 Å². The van der Waals surface area contributed by atoms with Crippen LogP contribution in [-0.2, 0) is 19.3 Å². The van der Waals surface area contributed by atoms with E-state index >= 15 is 0 Å². The molecule has 1 unspecified atom stereocenters. The lowest BCUT2D eigenvalue weighted by molar-refractivity contribution is 0.800. The molecule has 0 spiro atoms. The Morgan fingerprint density at radius 3 is 1.60 bits per heavy atom. The van der Waals surface area contributed by atoms with Crippen LogP contribution in [0.3, 0.4) is 0 Å². The number of rotatable bonds is 13. The Balaban J connectivity index is 0.897. The van der Waals surface area contributed by atoms with E-state index in [9.17, 15) is 0 Å². The van der Waals surface area contributed by atoms with Crippen molar-refractivity contribution in [2.24, 2.45) is 0 Å². The second-order valence-electron chi connectivity index (χ2n) is 21.7. The van der Waals surface area contributed by atoms with E-state index in [0.717, 1.165) is 71.3 Å². The molecule has 81 heavy (non-hydrogen) atoms. The summed E-state index contributed by atoms with van der Waals surface area (Å²) in [6, 6.07) is 86.9. The highest BCUT2D eigenvalue weighted by atomic mass is 15.6. The van der Waals surface area contributed by atoms with Crippen molar-refractivity contribution in [3.8, 4) is 55.9 Å². The molecule has 0 saturated carbocycles. The lowest BCUT2D eigenvalue weighted by atomic mass is 9.86. The molecule has 0 fully saturated rings. The minimum atomic E-state index is -0.0266. The molecular weight excluding hydrogens is 983 g/mol. The summed E-state index contributed by atoms with van der Waals surface area (Å²) >= 11 is 0. The minimum absolute atomic E-state index is 0.0266. The van der Waals surface area contributed by atoms with Crippen molar-refractivity contribution in [3.05, 3.63) is 295 Å². The summed E-state index contributed by atoms with van der Waals surface area (Å²) in [5.41, 5.74) is 32.5. The lowest BCUT2D eigenvalue weighted by Gasteiger charge is -2.22. The van der Waals surface area contributed by atoms with E-state index in [4.69, 9.17) is 0 Å². The van der Waals surface area contributed by atoms with Gasteiger partial charge in [-0.25, -0.2) is 10.2 Å². The fraction of sp³-hybridized carbons (Fsp3) is 0.0789. The summed E-state index contributed by atoms with van der Waals surface area (Å²) in [6.45, 7) is 4.60. The second kappa shape index (κ2) is 20.3. The first-order valence-electron chi connectivity index (χ1n) is 28.5. The fourth-order valence-electron chi connectivity index (χ4n) is 13.2. The van der Waals surface area contributed by atoms with Crippen LogP contribution in [0.5, 0.6) is 0 Å². The summed E-state index contributed by atoms with van der Waals surface area (Å²) < 4.78 is 7.36. The number of anilines is 1. The standard InChI is InChI=1S/C76H59N5/c1-2-51(44-55-30-12-13-31-62(55)63-32-14-19-37-70(63)77-78-81-73-40-22-17-33-64(73)65-34-18-23-41-74(65)81)56-45-57(52-24-6-3-7-25-52)48-60(47-56)79-71-38-20-15-35-66(71)68-42-43-69-67-36-16-21-39-72(67)80(76(69)75(68)79)61-49-58(53-26-8-4-9-27-53)46-59(50-61)54-28-10-5-11-29-54/h2-17,19-21,23-33,35-39,41-43,45-51,77-78H,1,18,22,34,40,44H2. The Hall–Kier alpha value is -10.1. The van der Waals surface area contributed by atoms with Gasteiger partial charge >= 0.3 is 0 Å². The molecule has 0 bridgehead atoms. The van der Waals surface area contributed by atoms with E-state index in [2.05, 4.69) is 298 Å². The van der Waals surface area contributed by atoms with Crippen LogP contribution >= 0.6 is 0 Å². The van der Waals surface area contributed by atoms with Gasteiger partial charge < -0.3 is 9.13 Å². The highest BCUT2D eigenvalue weighted by molar-refractivity contribution is 6.24. The molecule has 2 aliphatic rings. The summed E-state index contributed by atoms with van der Waals surface area (Å²) in [6.07, 6.45) is 16.3. The average Bonchev–Trinajstić information content (AvgIpc) is 2.69. The average molecular weight is 1040 g/mol. The molecule has 0 amide bonds. The maximum atomic E-state index is 4.60. The maximum Gasteiger partial charge on any atom is 0.0788 e. The van der Waals surface area contributed by atoms with Crippen molar-refractivity contribution >= 4 is 61.5 Å². The van der Waals surface area contributed by atoms with Crippen molar-refractivity contribution in [2.45, 2.75) is 38.0 Å². The molecule has 13 aromatic rings. The monoisotopic (exact) mass is 1040 g/mol. The van der Waals surface area contributed by atoms with Crippen molar-refractivity contribution < 1.29 is 0 Å². The van der Waals surface area contributed by atoms with Crippen molar-refractivity contribution in [1.82, 2.24) is 13.8 Å². The van der Waals surface area contributed by atoms with Crippen LogP contribution in [0.2, 0.25) is 0 Å². The molecule has 3 heterocycles. The number of hydrogen-bond acceptors (Lipinski definition) is 2. The number of benzene rings is 10. The molecule has 0 radical (unpaired) electrons. The first-order valence-corrected chi connectivity index (χ1v) is 28.5. The SMILES string of the molecule is C=CC(Cc1ccccc1-c1ccccc1NNn1c2c(c3c1CCC=C3)CCC=C2)c1cc(-c2ccccc2)cc(-n2c3ccccc3c3ccc4c5ccccc5n(-c5cc(-c6ccccc6)cc(-c6ccccc6)c5)c4c32)c1. The number of nitrogens with one attached hydrogen (secondary N) is 2. The van der Waals surface area contributed by atoms with Crippen LogP contribution in [0.15, 0.2) is 261 Å². The predicted octanol–water partition coefficient (Wildman–Crippen LogP) is 19.4. The molecule has 3 aromatic heterocycles. The zero-order valence-electron chi connectivity index (χ0n) is 45.1. The quantitative estimate of drug-likeness (QED) is 0.0892. The van der Waals surface area contributed by atoms with Crippen molar-refractivity contribution in [3.63, 3.8) is 0 Å². The summed E-state index contributed by atoms with van der Waals surface area (Å²) in [5.74, 6) is -0.0266. The van der Waals surface area contributed by atoms with E-state index in [1.165, 1.54) is 99.6 Å². The number of allylic oxidation sites excluding steroid dienone is 3. The number of aromatic nitrogens is 3. The zero-order valence-corrected chi connectivity index (χ0v) is 45.1. The minimum Gasteiger partial charge on any atom is -0.307 e. The number of fused-ring (bicyclic) bond motifs is 10. The van der Waals surface area contributed by atoms with Crippen LogP contribution in [0, 0.1) is 0 Å². The maximum absolute atomic E-state index is 4.60. The van der Waals surface area contributed by atoms with Gasteiger partial charge in [-0.3, -0.25) is 5.43 Å². The van der Waals surface area contributed by atoms with Crippen LogP contribution in [0.25, 0.3) is 112 Å². The van der Waals surface area contributed by atoms with Crippen LogP contribution in [-0.4, -0.2) is 13.8 Å². The van der Waals surface area contributed by atoms with Crippen LogP contribution in [0.1, 0.15) is 52.4 Å². The first-order chi connectivity index (χ1) is 40.1. The van der Waals surface area contributed by atoms with Gasteiger partial charge in [-0.15, -0.1) is 6.58 Å². The summed E-state index contributed by atoms with van der Waals surface area (Å²) in [5, 5.41) is 4.84. The normalized spacial score (nSPS) is 13.2. The number of hydrazine groups is 1. The molecule has 2 aliphatic carbocycles. The van der Waals surface area contributed by atoms with Crippen molar-refractivity contribution in [2.75, 3.05) is 11.0 Å². The molecule has 15 rings (SSSR count). The van der Waals surface area contributed by atoms with Gasteiger partial charge in [0.2, 0.25) is 0 Å². The van der Waals surface area contributed by atoms with Gasteiger partial charge in [0.1, 0.15) is 0 Å². The first kappa shape index (κ1) is 48.1. The van der Waals surface area contributed by atoms with Gasteiger partial charge in [0.15, 0.2) is 0 Å². The van der Waals surface area contributed by atoms with Gasteiger partial charge in [0, 0.05) is 55.7 Å². The Morgan fingerprint density at radius 2 is 0.975 bits per heavy atom. The second-order valence-corrected chi connectivity index (χ2v) is 21.7. The molecule has 0 saturated heterocycles. The molecule has 1 atom stereocenters. The van der Waals surface area contributed by atoms with Gasteiger partial charge in [0.05, 0.1) is 33.4 Å². The third kappa shape index (κ3) is 8.40. The van der Waals surface area contributed by atoms with Gasteiger partial charge in [0.25, 0.3) is 0 Å². The highest BCUT2D eigenvalue weighted by Crippen LogP contribution is 2.45. The largest absolute Gasteiger partial charge is 0.307 e. The van der Waals surface area contributed by atoms with E-state index in [-0.39, 0.29) is 5.92 Å². The Bertz CT molecular complexity index is 4570. The fourth-order valence-corrected chi connectivity index (χ4v) is 13.2. The smallest absolute Gasteiger partial charge is 0.0788 e. The molecule has 5 heteroatoms. The van der Waals surface area contributed by atoms with Gasteiger partial charge in [-0.1, -0.05) is 212 Å². The number of nitrogens with zero attached hydrogens (tertiary/aromatic N) is 3. The van der Waals surface area contributed by atoms with Crippen LogP contribution < -0.4 is 11.0 Å². The Morgan fingerprint density at radius 1 is 0.457 bits per heavy atom. The molecule has 2 N–H and O–H groups in total. The van der Waals surface area contributed by atoms with E-state index < -0.39 is 0 Å². The van der Waals surface area contributed by atoms with Crippen molar-refractivity contribution in [1.29, 1.82) is 0 Å². The Kier molecular flexibility index (Phi) is 12.0. The van der Waals surface area contributed by atoms with E-state index in [0.29, 0.717) is 0 Å². The van der Waals surface area contributed by atoms with E-state index in [1.54, 1.807) is 0 Å². The lowest BCUT2D eigenvalue weighted by Crippen LogP contribution is -2.25. The molecule has 5 nitrogen and oxygen atoms in total. The highest BCUT2D eigenvalue weighted by Gasteiger charge is 2.26. The van der Waals surface area contributed by atoms with Crippen LogP contribution in [0.4, 0.5) is 5.69 Å². The third-order valence-corrected chi connectivity index (χ3v) is 17.0. The molecule has 388 valence electrons. The molecule has 0 aliphatic heterocycles. The number of para-hydroxylation sites is 3. The third-order valence-electron chi connectivity index (χ3n) is 17.0. The summed E-state index contributed by atoms with van der Waals surface area (Å²) in [7, 11) is 0. The molecular formula is C76H59N5. The van der Waals surface area contributed by atoms with Gasteiger partial charge in [-0.05, 0) is 142 Å². The predicted molar refractivity (Wildman–Crippen MR) is 342 cm³/mol. The topological polar surface area (TPSA) is 38.9 Å². The zero-order chi connectivity index (χ0) is 53.8. The Labute approximate surface area is 472 Å². The number of hydrogen-bond donors (Lipinski definition) is 2. The summed E-state index contributed by atoms with van der Waals surface area (Å²) in [4.78, 5) is 0.